The van der Waals surface area contributed by atoms with Gasteiger partial charge in [0.25, 0.3) is 0 Å². The largest absolute Gasteiger partial charge is 0.490 e. The summed E-state index contributed by atoms with van der Waals surface area (Å²) in [4.78, 5) is 10.9. The van der Waals surface area contributed by atoms with E-state index in [2.05, 4.69) is 27.1 Å². The topological polar surface area (TPSA) is 50.3 Å². The van der Waals surface area contributed by atoms with Gasteiger partial charge in [0, 0.05) is 19.6 Å². The zero-order chi connectivity index (χ0) is 13.0. The first-order valence-corrected chi connectivity index (χ1v) is 6.67. The summed E-state index contributed by atoms with van der Waals surface area (Å²) in [5, 5.41) is 3.21. The van der Waals surface area contributed by atoms with Crippen molar-refractivity contribution in [2.24, 2.45) is 5.92 Å². The predicted molar refractivity (Wildman–Crippen MR) is 73.4 cm³/mol. The number of ether oxygens (including phenoxy) is 1. The zero-order valence-corrected chi connectivity index (χ0v) is 11.4. The lowest BCUT2D eigenvalue weighted by Gasteiger charge is -2.24. The number of rotatable bonds is 7. The van der Waals surface area contributed by atoms with Crippen LogP contribution < -0.4 is 15.0 Å². The van der Waals surface area contributed by atoms with Crippen LogP contribution in [0.3, 0.4) is 0 Å². The summed E-state index contributed by atoms with van der Waals surface area (Å²) in [6, 6.07) is 0. The van der Waals surface area contributed by atoms with Gasteiger partial charge in [-0.25, -0.2) is 9.97 Å². The Kier molecular flexibility index (Phi) is 4.23. The second-order valence-corrected chi connectivity index (χ2v) is 4.59. The molecular weight excluding hydrogens is 228 g/mol. The van der Waals surface area contributed by atoms with Crippen molar-refractivity contribution in [3.8, 4) is 5.75 Å². The Labute approximate surface area is 109 Å². The first-order valence-electron chi connectivity index (χ1n) is 6.67. The smallest absolute Gasteiger partial charge is 0.204 e. The summed E-state index contributed by atoms with van der Waals surface area (Å²) in [6.45, 7) is 7.02. The molecule has 0 aromatic carbocycles. The molecule has 0 atom stereocenters. The fraction of sp³-hybridized carbons (Fsp3) is 0.692. The van der Waals surface area contributed by atoms with E-state index in [9.17, 15) is 0 Å². The minimum absolute atomic E-state index is 0.752. The molecule has 1 N–H and O–H groups in total. The van der Waals surface area contributed by atoms with Crippen LogP contribution in [0.25, 0.3) is 0 Å². The van der Waals surface area contributed by atoms with Gasteiger partial charge in [0.15, 0.2) is 11.6 Å². The summed E-state index contributed by atoms with van der Waals surface area (Å²) >= 11 is 0. The van der Waals surface area contributed by atoms with Crippen LogP contribution >= 0.6 is 0 Å². The van der Waals surface area contributed by atoms with Crippen molar-refractivity contribution in [3.05, 3.63) is 6.33 Å². The van der Waals surface area contributed by atoms with Gasteiger partial charge >= 0.3 is 0 Å². The van der Waals surface area contributed by atoms with E-state index >= 15 is 0 Å². The van der Waals surface area contributed by atoms with E-state index in [-0.39, 0.29) is 0 Å². The summed E-state index contributed by atoms with van der Waals surface area (Å²) in [5.41, 5.74) is 0. The van der Waals surface area contributed by atoms with E-state index < -0.39 is 0 Å². The van der Waals surface area contributed by atoms with E-state index in [4.69, 9.17) is 4.74 Å². The van der Waals surface area contributed by atoms with Crippen molar-refractivity contribution < 1.29 is 4.74 Å². The Hall–Kier alpha value is -1.52. The molecular formula is C13H22N4O. The normalized spacial score (nSPS) is 14.4. The van der Waals surface area contributed by atoms with Gasteiger partial charge in [0.2, 0.25) is 5.75 Å². The third-order valence-corrected chi connectivity index (χ3v) is 3.19. The van der Waals surface area contributed by atoms with Gasteiger partial charge in [-0.1, -0.05) is 0 Å². The molecule has 1 fully saturated rings. The molecule has 1 saturated carbocycles. The van der Waals surface area contributed by atoms with E-state index in [0.29, 0.717) is 0 Å². The number of hydrogen-bond acceptors (Lipinski definition) is 5. The fourth-order valence-corrected chi connectivity index (χ4v) is 2.05. The summed E-state index contributed by atoms with van der Waals surface area (Å²) in [7, 11) is 1.67. The molecule has 1 aliphatic carbocycles. The van der Waals surface area contributed by atoms with Gasteiger partial charge in [-0.05, 0) is 32.6 Å². The Bertz CT molecular complexity index is 393. The van der Waals surface area contributed by atoms with E-state index in [0.717, 1.165) is 42.9 Å². The van der Waals surface area contributed by atoms with Crippen molar-refractivity contribution >= 4 is 11.6 Å². The minimum Gasteiger partial charge on any atom is -0.490 e. The number of nitrogens with zero attached hydrogens (tertiary/aromatic N) is 3. The van der Waals surface area contributed by atoms with Crippen molar-refractivity contribution in [1.29, 1.82) is 0 Å². The molecule has 1 aromatic heterocycles. The third-order valence-electron chi connectivity index (χ3n) is 3.19. The number of nitrogens with one attached hydrogen (secondary N) is 1. The highest BCUT2D eigenvalue weighted by Gasteiger charge is 2.26. The van der Waals surface area contributed by atoms with Crippen molar-refractivity contribution in [2.75, 3.05) is 37.0 Å². The Morgan fingerprint density at radius 2 is 2.17 bits per heavy atom. The number of methoxy groups -OCH3 is 1. The van der Waals surface area contributed by atoms with Crippen LogP contribution in [0.5, 0.6) is 5.75 Å². The minimum atomic E-state index is 0.752. The molecule has 5 nitrogen and oxygen atoms in total. The SMILES string of the molecule is CCNc1ncnc(N(CC)CC2CC2)c1OC. The average Bonchev–Trinajstić information content (AvgIpc) is 3.20. The average molecular weight is 250 g/mol. The quantitative estimate of drug-likeness (QED) is 0.803. The van der Waals surface area contributed by atoms with Crippen LogP contribution in [-0.2, 0) is 0 Å². The van der Waals surface area contributed by atoms with Crippen LogP contribution in [-0.4, -0.2) is 36.7 Å². The van der Waals surface area contributed by atoms with Crippen molar-refractivity contribution in [2.45, 2.75) is 26.7 Å². The highest BCUT2D eigenvalue weighted by atomic mass is 16.5. The lowest BCUT2D eigenvalue weighted by atomic mass is 10.3. The van der Waals surface area contributed by atoms with Gasteiger partial charge in [0.1, 0.15) is 6.33 Å². The highest BCUT2D eigenvalue weighted by Crippen LogP contribution is 2.35. The molecule has 0 aliphatic heterocycles. The second kappa shape index (κ2) is 5.89. The molecule has 1 aliphatic rings. The molecule has 5 heteroatoms. The third kappa shape index (κ3) is 2.83. The Morgan fingerprint density at radius 1 is 1.39 bits per heavy atom. The van der Waals surface area contributed by atoms with E-state index in [1.165, 1.54) is 12.8 Å². The maximum absolute atomic E-state index is 5.48. The highest BCUT2D eigenvalue weighted by molar-refractivity contribution is 5.64. The van der Waals surface area contributed by atoms with Crippen LogP contribution in [0.1, 0.15) is 26.7 Å². The molecule has 100 valence electrons. The van der Waals surface area contributed by atoms with Gasteiger partial charge in [-0.15, -0.1) is 0 Å². The number of aromatic nitrogens is 2. The summed E-state index contributed by atoms with van der Waals surface area (Å²) < 4.78 is 5.48. The molecule has 1 heterocycles. The van der Waals surface area contributed by atoms with Crippen LogP contribution in [0, 0.1) is 5.92 Å². The molecule has 0 radical (unpaired) electrons. The summed E-state index contributed by atoms with van der Waals surface area (Å²) in [6.07, 6.45) is 4.28. The second-order valence-electron chi connectivity index (χ2n) is 4.59. The van der Waals surface area contributed by atoms with Crippen molar-refractivity contribution in [3.63, 3.8) is 0 Å². The van der Waals surface area contributed by atoms with E-state index in [1.807, 2.05) is 6.92 Å². The Balaban J connectivity index is 2.25. The van der Waals surface area contributed by atoms with Crippen LogP contribution in [0.4, 0.5) is 11.6 Å². The van der Waals surface area contributed by atoms with Gasteiger partial charge in [-0.3, -0.25) is 0 Å². The van der Waals surface area contributed by atoms with Crippen molar-refractivity contribution in [1.82, 2.24) is 9.97 Å². The lowest BCUT2D eigenvalue weighted by Crippen LogP contribution is -2.27. The number of anilines is 2. The van der Waals surface area contributed by atoms with Crippen LogP contribution in [0.2, 0.25) is 0 Å². The van der Waals surface area contributed by atoms with Gasteiger partial charge < -0.3 is 15.0 Å². The first-order chi connectivity index (χ1) is 8.80. The first kappa shape index (κ1) is 12.9. The molecule has 0 amide bonds. The monoisotopic (exact) mass is 250 g/mol. The maximum Gasteiger partial charge on any atom is 0.204 e. The molecule has 0 unspecified atom stereocenters. The fourth-order valence-electron chi connectivity index (χ4n) is 2.05. The molecule has 0 bridgehead atoms. The zero-order valence-electron chi connectivity index (χ0n) is 11.4. The molecule has 1 aromatic rings. The lowest BCUT2D eigenvalue weighted by molar-refractivity contribution is 0.412. The maximum atomic E-state index is 5.48. The molecule has 0 saturated heterocycles. The standard InChI is InChI=1S/C13H22N4O/c1-4-14-12-11(18-3)13(16-9-15-12)17(5-2)8-10-6-7-10/h9-10H,4-8H2,1-3H3,(H,14,15,16). The molecule has 2 rings (SSSR count). The van der Waals surface area contributed by atoms with Crippen LogP contribution in [0.15, 0.2) is 6.33 Å². The molecule has 18 heavy (non-hydrogen) atoms. The van der Waals surface area contributed by atoms with E-state index in [1.54, 1.807) is 13.4 Å². The predicted octanol–water partition coefficient (Wildman–Crippen LogP) is 2.15. The molecule has 0 spiro atoms. The van der Waals surface area contributed by atoms with Gasteiger partial charge in [-0.2, -0.15) is 0 Å². The Morgan fingerprint density at radius 3 is 2.72 bits per heavy atom. The number of hydrogen-bond donors (Lipinski definition) is 1. The summed E-state index contributed by atoms with van der Waals surface area (Å²) in [5.74, 6) is 3.26. The van der Waals surface area contributed by atoms with Gasteiger partial charge in [0.05, 0.1) is 7.11 Å².